The molecule has 3 nitrogen and oxygen atoms in total. The fraction of sp³-hybridized carbons (Fsp3) is 0.667. The fourth-order valence-electron chi connectivity index (χ4n) is 1.04. The summed E-state index contributed by atoms with van der Waals surface area (Å²) in [5.74, 6) is 0.796. The van der Waals surface area contributed by atoms with E-state index in [2.05, 4.69) is 25.9 Å². The third-order valence-electron chi connectivity index (χ3n) is 1.59. The van der Waals surface area contributed by atoms with Gasteiger partial charge in [0.15, 0.2) is 0 Å². The molecule has 0 saturated heterocycles. The zero-order valence-corrected chi connectivity index (χ0v) is 7.79. The van der Waals surface area contributed by atoms with Crippen LogP contribution in [0.1, 0.15) is 32.1 Å². The van der Waals surface area contributed by atoms with Crippen molar-refractivity contribution in [2.24, 2.45) is 5.41 Å². The SMILES string of the molecule is CC(C)(C)Cc1oncc1CO. The third kappa shape index (κ3) is 2.34. The molecule has 0 aliphatic carbocycles. The van der Waals surface area contributed by atoms with Crippen LogP contribution < -0.4 is 0 Å². The third-order valence-corrected chi connectivity index (χ3v) is 1.59. The summed E-state index contributed by atoms with van der Waals surface area (Å²) in [7, 11) is 0. The average Bonchev–Trinajstić information content (AvgIpc) is 2.31. The maximum Gasteiger partial charge on any atom is 0.142 e. The van der Waals surface area contributed by atoms with Crippen molar-refractivity contribution < 1.29 is 9.63 Å². The maximum atomic E-state index is 8.90. The second kappa shape index (κ2) is 3.27. The summed E-state index contributed by atoms with van der Waals surface area (Å²) >= 11 is 0. The van der Waals surface area contributed by atoms with E-state index in [-0.39, 0.29) is 12.0 Å². The molecule has 0 radical (unpaired) electrons. The Morgan fingerprint density at radius 2 is 2.17 bits per heavy atom. The summed E-state index contributed by atoms with van der Waals surface area (Å²) < 4.78 is 5.02. The lowest BCUT2D eigenvalue weighted by molar-refractivity contribution is 0.270. The highest BCUT2D eigenvalue weighted by Crippen LogP contribution is 2.22. The van der Waals surface area contributed by atoms with Gasteiger partial charge in [-0.2, -0.15) is 0 Å². The van der Waals surface area contributed by atoms with E-state index in [4.69, 9.17) is 9.63 Å². The molecule has 0 aromatic carbocycles. The molecule has 1 heterocycles. The molecular weight excluding hydrogens is 154 g/mol. The molecule has 1 N–H and O–H groups in total. The van der Waals surface area contributed by atoms with Gasteiger partial charge in [-0.05, 0) is 5.41 Å². The van der Waals surface area contributed by atoms with Crippen molar-refractivity contribution in [2.45, 2.75) is 33.8 Å². The number of hydrogen-bond acceptors (Lipinski definition) is 3. The summed E-state index contributed by atoms with van der Waals surface area (Å²) in [5, 5.41) is 12.5. The van der Waals surface area contributed by atoms with Crippen LogP contribution in [0.15, 0.2) is 10.7 Å². The minimum atomic E-state index is 0.00884. The second-order valence-electron chi connectivity index (χ2n) is 4.17. The standard InChI is InChI=1S/C9H15NO2/c1-9(2,3)4-8-7(6-11)5-10-12-8/h5,11H,4,6H2,1-3H3. The lowest BCUT2D eigenvalue weighted by Gasteiger charge is -2.15. The Bertz CT molecular complexity index is 247. The fourth-order valence-corrected chi connectivity index (χ4v) is 1.04. The van der Waals surface area contributed by atoms with Crippen LogP contribution in [0.3, 0.4) is 0 Å². The van der Waals surface area contributed by atoms with Gasteiger partial charge in [0.05, 0.1) is 12.8 Å². The number of aliphatic hydroxyl groups is 1. The van der Waals surface area contributed by atoms with Gasteiger partial charge in [-0.1, -0.05) is 25.9 Å². The van der Waals surface area contributed by atoms with Gasteiger partial charge in [-0.25, -0.2) is 0 Å². The van der Waals surface area contributed by atoms with Gasteiger partial charge in [-0.3, -0.25) is 0 Å². The first kappa shape index (κ1) is 9.26. The molecule has 1 aromatic heterocycles. The molecule has 1 rings (SSSR count). The van der Waals surface area contributed by atoms with E-state index in [9.17, 15) is 0 Å². The minimum Gasteiger partial charge on any atom is -0.391 e. The molecule has 68 valence electrons. The molecule has 0 unspecified atom stereocenters. The van der Waals surface area contributed by atoms with Gasteiger partial charge in [0, 0.05) is 12.0 Å². The second-order valence-corrected chi connectivity index (χ2v) is 4.17. The number of hydrogen-bond donors (Lipinski definition) is 1. The van der Waals surface area contributed by atoms with Crippen molar-refractivity contribution in [3.05, 3.63) is 17.5 Å². The van der Waals surface area contributed by atoms with E-state index in [0.29, 0.717) is 0 Å². The van der Waals surface area contributed by atoms with Crippen molar-refractivity contribution in [1.82, 2.24) is 5.16 Å². The number of nitrogens with zero attached hydrogens (tertiary/aromatic N) is 1. The molecule has 0 aliphatic heterocycles. The van der Waals surface area contributed by atoms with Crippen LogP contribution in [0.25, 0.3) is 0 Å². The average molecular weight is 169 g/mol. The highest BCUT2D eigenvalue weighted by atomic mass is 16.5. The van der Waals surface area contributed by atoms with Crippen molar-refractivity contribution >= 4 is 0 Å². The van der Waals surface area contributed by atoms with E-state index in [1.54, 1.807) is 6.20 Å². The molecule has 3 heteroatoms. The lowest BCUT2D eigenvalue weighted by Crippen LogP contribution is -2.09. The number of aliphatic hydroxyl groups excluding tert-OH is 1. The highest BCUT2D eigenvalue weighted by molar-refractivity contribution is 5.13. The van der Waals surface area contributed by atoms with Gasteiger partial charge >= 0.3 is 0 Å². The molecule has 1 aromatic rings. The normalized spacial score (nSPS) is 12.0. The van der Waals surface area contributed by atoms with Gasteiger partial charge in [0.2, 0.25) is 0 Å². The first-order chi connectivity index (χ1) is 5.53. The first-order valence-electron chi connectivity index (χ1n) is 4.06. The Morgan fingerprint density at radius 1 is 1.50 bits per heavy atom. The molecule has 0 atom stereocenters. The van der Waals surface area contributed by atoms with Crippen LogP contribution in [0.5, 0.6) is 0 Å². The summed E-state index contributed by atoms with van der Waals surface area (Å²) in [6.45, 7) is 6.37. The Hall–Kier alpha value is -0.830. The predicted molar refractivity (Wildman–Crippen MR) is 45.6 cm³/mol. The maximum absolute atomic E-state index is 8.90. The summed E-state index contributed by atoms with van der Waals surface area (Å²) in [4.78, 5) is 0. The van der Waals surface area contributed by atoms with Gasteiger partial charge < -0.3 is 9.63 Å². The van der Waals surface area contributed by atoms with Crippen LogP contribution in [0.4, 0.5) is 0 Å². The van der Waals surface area contributed by atoms with E-state index in [1.807, 2.05) is 0 Å². The van der Waals surface area contributed by atoms with Gasteiger partial charge in [0.1, 0.15) is 5.76 Å². The van der Waals surface area contributed by atoms with Crippen molar-refractivity contribution in [2.75, 3.05) is 0 Å². The van der Waals surface area contributed by atoms with Crippen LogP contribution in [-0.4, -0.2) is 10.3 Å². The molecule has 0 spiro atoms. The van der Waals surface area contributed by atoms with E-state index in [1.165, 1.54) is 0 Å². The van der Waals surface area contributed by atoms with E-state index in [0.717, 1.165) is 17.7 Å². The van der Waals surface area contributed by atoms with Crippen molar-refractivity contribution in [3.63, 3.8) is 0 Å². The van der Waals surface area contributed by atoms with Gasteiger partial charge in [-0.15, -0.1) is 0 Å². The largest absolute Gasteiger partial charge is 0.391 e. The molecular formula is C9H15NO2. The van der Waals surface area contributed by atoms with Crippen molar-refractivity contribution in [3.8, 4) is 0 Å². The Kier molecular flexibility index (Phi) is 2.52. The van der Waals surface area contributed by atoms with Crippen LogP contribution >= 0.6 is 0 Å². The Morgan fingerprint density at radius 3 is 2.67 bits per heavy atom. The van der Waals surface area contributed by atoms with Crippen LogP contribution in [0.2, 0.25) is 0 Å². The zero-order chi connectivity index (χ0) is 9.19. The van der Waals surface area contributed by atoms with Crippen LogP contribution in [0, 0.1) is 5.41 Å². The molecule has 0 amide bonds. The molecule has 0 bridgehead atoms. The predicted octanol–water partition coefficient (Wildman–Crippen LogP) is 1.76. The Balaban J connectivity index is 2.75. The molecule has 0 saturated carbocycles. The van der Waals surface area contributed by atoms with Crippen LogP contribution in [-0.2, 0) is 13.0 Å². The van der Waals surface area contributed by atoms with Gasteiger partial charge in [0.25, 0.3) is 0 Å². The quantitative estimate of drug-likeness (QED) is 0.733. The summed E-state index contributed by atoms with van der Waals surface area (Å²) in [6.07, 6.45) is 2.38. The topological polar surface area (TPSA) is 46.3 Å². The van der Waals surface area contributed by atoms with Crippen molar-refractivity contribution in [1.29, 1.82) is 0 Å². The number of rotatable bonds is 2. The highest BCUT2D eigenvalue weighted by Gasteiger charge is 2.16. The molecule has 0 fully saturated rings. The first-order valence-corrected chi connectivity index (χ1v) is 4.06. The smallest absolute Gasteiger partial charge is 0.142 e. The Labute approximate surface area is 72.4 Å². The zero-order valence-electron chi connectivity index (χ0n) is 7.79. The minimum absolute atomic E-state index is 0.00884. The molecule has 0 aliphatic rings. The summed E-state index contributed by atoms with van der Waals surface area (Å²) in [5.41, 5.74) is 0.966. The molecule has 12 heavy (non-hydrogen) atoms. The lowest BCUT2D eigenvalue weighted by atomic mass is 9.90. The monoisotopic (exact) mass is 169 g/mol. The van der Waals surface area contributed by atoms with E-state index < -0.39 is 0 Å². The number of aromatic nitrogens is 1. The summed E-state index contributed by atoms with van der Waals surface area (Å²) in [6, 6.07) is 0. The van der Waals surface area contributed by atoms with E-state index >= 15 is 0 Å².